The molecule has 2 N–H and O–H groups in total. The fraction of sp³-hybridized carbons (Fsp3) is 0.692. The molecule has 1 aromatic rings. The largest absolute Gasteiger partial charge is 0.313 e. The van der Waals surface area contributed by atoms with Crippen molar-refractivity contribution in [1.29, 1.82) is 0 Å². The number of rotatable bonds is 7. The van der Waals surface area contributed by atoms with E-state index in [2.05, 4.69) is 49.8 Å². The van der Waals surface area contributed by atoms with Crippen LogP contribution in [0.25, 0.3) is 0 Å². The molecule has 1 aromatic heterocycles. The van der Waals surface area contributed by atoms with Gasteiger partial charge in [-0.15, -0.1) is 11.3 Å². The Morgan fingerprint density at radius 2 is 2.00 bits per heavy atom. The molecule has 1 heterocycles. The van der Waals surface area contributed by atoms with Crippen LogP contribution < -0.4 is 10.6 Å². The van der Waals surface area contributed by atoms with Crippen LogP contribution in [0.15, 0.2) is 11.4 Å². The third-order valence-electron chi connectivity index (χ3n) is 2.66. The van der Waals surface area contributed by atoms with Gasteiger partial charge in [-0.05, 0) is 30.4 Å². The fourth-order valence-corrected chi connectivity index (χ4v) is 2.52. The van der Waals surface area contributed by atoms with Crippen LogP contribution in [0.5, 0.6) is 0 Å². The van der Waals surface area contributed by atoms with Gasteiger partial charge in [-0.25, -0.2) is 0 Å². The summed E-state index contributed by atoms with van der Waals surface area (Å²) in [5, 5.41) is 9.20. The van der Waals surface area contributed by atoms with Gasteiger partial charge >= 0.3 is 0 Å². The molecular formula is C13H24N2S. The van der Waals surface area contributed by atoms with Crippen molar-refractivity contribution in [3.8, 4) is 0 Å². The van der Waals surface area contributed by atoms with E-state index < -0.39 is 0 Å². The maximum atomic E-state index is 3.56. The van der Waals surface area contributed by atoms with Gasteiger partial charge in [-0.2, -0.15) is 0 Å². The zero-order chi connectivity index (χ0) is 12.0. The second kappa shape index (κ2) is 7.05. The molecule has 0 aliphatic carbocycles. The predicted molar refractivity (Wildman–Crippen MR) is 73.1 cm³/mol. The molecule has 0 aromatic carbocycles. The molecule has 2 nitrogen and oxygen atoms in total. The average molecular weight is 240 g/mol. The van der Waals surface area contributed by atoms with E-state index in [9.17, 15) is 0 Å². The zero-order valence-corrected chi connectivity index (χ0v) is 11.7. The van der Waals surface area contributed by atoms with Crippen molar-refractivity contribution in [2.24, 2.45) is 0 Å². The highest BCUT2D eigenvalue weighted by molar-refractivity contribution is 7.10. The number of nitrogens with one attached hydrogen (secondary N) is 2. The third kappa shape index (κ3) is 4.64. The summed E-state index contributed by atoms with van der Waals surface area (Å²) in [6, 6.07) is 3.32. The SMILES string of the molecule is CCc1ccsc1CNC(C)CNC(C)C. The van der Waals surface area contributed by atoms with Gasteiger partial charge in [-0.1, -0.05) is 20.8 Å². The Kier molecular flexibility index (Phi) is 6.03. The first kappa shape index (κ1) is 13.7. The van der Waals surface area contributed by atoms with E-state index in [1.807, 2.05) is 11.3 Å². The van der Waals surface area contributed by atoms with Crippen LogP contribution in [0.3, 0.4) is 0 Å². The average Bonchev–Trinajstić information content (AvgIpc) is 2.70. The molecule has 0 fully saturated rings. The standard InChI is InChI=1S/C13H24N2S/c1-5-12-6-7-16-13(12)9-15-11(4)8-14-10(2)3/h6-7,10-11,14-15H,5,8-9H2,1-4H3. The van der Waals surface area contributed by atoms with Crippen molar-refractivity contribution in [3.05, 3.63) is 21.9 Å². The molecule has 0 aliphatic heterocycles. The van der Waals surface area contributed by atoms with E-state index in [1.165, 1.54) is 10.4 Å². The number of hydrogen-bond donors (Lipinski definition) is 2. The molecule has 0 spiro atoms. The van der Waals surface area contributed by atoms with Gasteiger partial charge in [-0.3, -0.25) is 0 Å². The number of hydrogen-bond acceptors (Lipinski definition) is 3. The highest BCUT2D eigenvalue weighted by Gasteiger charge is 2.05. The second-order valence-electron chi connectivity index (χ2n) is 4.57. The van der Waals surface area contributed by atoms with Crippen molar-refractivity contribution in [1.82, 2.24) is 10.6 Å². The van der Waals surface area contributed by atoms with Crippen LogP contribution in [0.4, 0.5) is 0 Å². The Morgan fingerprint density at radius 3 is 2.62 bits per heavy atom. The van der Waals surface area contributed by atoms with Crippen LogP contribution in [-0.2, 0) is 13.0 Å². The fourth-order valence-electron chi connectivity index (χ4n) is 1.59. The Hall–Kier alpha value is -0.380. The Labute approximate surface area is 103 Å². The van der Waals surface area contributed by atoms with Crippen LogP contribution in [0.2, 0.25) is 0 Å². The van der Waals surface area contributed by atoms with Crippen LogP contribution in [0.1, 0.15) is 38.1 Å². The minimum absolute atomic E-state index is 0.522. The van der Waals surface area contributed by atoms with Gasteiger partial charge in [0, 0.05) is 30.1 Å². The van der Waals surface area contributed by atoms with Crippen molar-refractivity contribution in [2.75, 3.05) is 6.54 Å². The topological polar surface area (TPSA) is 24.1 Å². The summed E-state index contributed by atoms with van der Waals surface area (Å²) in [5.74, 6) is 0. The van der Waals surface area contributed by atoms with Gasteiger partial charge in [0.1, 0.15) is 0 Å². The van der Waals surface area contributed by atoms with E-state index in [0.717, 1.165) is 19.5 Å². The second-order valence-corrected chi connectivity index (χ2v) is 5.57. The number of thiophene rings is 1. The lowest BCUT2D eigenvalue weighted by molar-refractivity contribution is 0.475. The molecule has 1 unspecified atom stereocenters. The Bertz CT molecular complexity index is 294. The van der Waals surface area contributed by atoms with Crippen LogP contribution in [-0.4, -0.2) is 18.6 Å². The molecule has 1 rings (SSSR count). The molecule has 1 atom stereocenters. The molecule has 0 saturated carbocycles. The maximum absolute atomic E-state index is 3.56. The molecule has 0 bridgehead atoms. The first-order chi connectivity index (χ1) is 7.63. The van der Waals surface area contributed by atoms with Crippen LogP contribution >= 0.6 is 11.3 Å². The maximum Gasteiger partial charge on any atom is 0.0305 e. The molecular weight excluding hydrogens is 216 g/mol. The van der Waals surface area contributed by atoms with Gasteiger partial charge in [0.15, 0.2) is 0 Å². The quantitative estimate of drug-likeness (QED) is 0.766. The molecule has 92 valence electrons. The molecule has 16 heavy (non-hydrogen) atoms. The van der Waals surface area contributed by atoms with Crippen LogP contribution in [0, 0.1) is 0 Å². The zero-order valence-electron chi connectivity index (χ0n) is 10.8. The first-order valence-corrected chi connectivity index (χ1v) is 7.03. The summed E-state index contributed by atoms with van der Waals surface area (Å²) in [7, 11) is 0. The summed E-state index contributed by atoms with van der Waals surface area (Å²) in [6.07, 6.45) is 1.14. The lowest BCUT2D eigenvalue weighted by Crippen LogP contribution is -2.38. The van der Waals surface area contributed by atoms with Gasteiger partial charge in [0.2, 0.25) is 0 Å². The lowest BCUT2D eigenvalue weighted by atomic mass is 10.2. The predicted octanol–water partition coefficient (Wildman–Crippen LogP) is 2.79. The van der Waals surface area contributed by atoms with Crippen molar-refractivity contribution in [2.45, 2.75) is 52.7 Å². The summed E-state index contributed by atoms with van der Waals surface area (Å²) >= 11 is 1.86. The van der Waals surface area contributed by atoms with Gasteiger partial charge in [0.25, 0.3) is 0 Å². The summed E-state index contributed by atoms with van der Waals surface area (Å²) in [4.78, 5) is 1.49. The van der Waals surface area contributed by atoms with Gasteiger partial charge in [0.05, 0.1) is 0 Å². The van der Waals surface area contributed by atoms with Crippen molar-refractivity contribution < 1.29 is 0 Å². The Balaban J connectivity index is 2.28. The van der Waals surface area contributed by atoms with Crippen molar-refractivity contribution in [3.63, 3.8) is 0 Å². The monoisotopic (exact) mass is 240 g/mol. The summed E-state index contributed by atoms with van der Waals surface area (Å²) in [5.41, 5.74) is 1.49. The van der Waals surface area contributed by atoms with E-state index in [4.69, 9.17) is 0 Å². The normalized spacial score (nSPS) is 13.3. The molecule has 3 heteroatoms. The lowest BCUT2D eigenvalue weighted by Gasteiger charge is -2.16. The molecule has 0 amide bonds. The summed E-state index contributed by atoms with van der Waals surface area (Å²) < 4.78 is 0. The van der Waals surface area contributed by atoms with E-state index in [0.29, 0.717) is 12.1 Å². The van der Waals surface area contributed by atoms with Gasteiger partial charge < -0.3 is 10.6 Å². The highest BCUT2D eigenvalue weighted by Crippen LogP contribution is 2.16. The molecule has 0 radical (unpaired) electrons. The van der Waals surface area contributed by atoms with Crippen molar-refractivity contribution >= 4 is 11.3 Å². The Morgan fingerprint density at radius 1 is 1.25 bits per heavy atom. The van der Waals surface area contributed by atoms with E-state index in [1.54, 1.807) is 0 Å². The molecule has 0 aliphatic rings. The smallest absolute Gasteiger partial charge is 0.0305 e. The molecule has 0 saturated heterocycles. The minimum atomic E-state index is 0.522. The first-order valence-electron chi connectivity index (χ1n) is 6.15. The van der Waals surface area contributed by atoms with E-state index >= 15 is 0 Å². The van der Waals surface area contributed by atoms with E-state index in [-0.39, 0.29) is 0 Å². The number of aryl methyl sites for hydroxylation is 1. The third-order valence-corrected chi connectivity index (χ3v) is 3.63. The minimum Gasteiger partial charge on any atom is -0.313 e. The summed E-state index contributed by atoms with van der Waals surface area (Å²) in [6.45, 7) is 10.8. The highest BCUT2D eigenvalue weighted by atomic mass is 32.1.